The lowest BCUT2D eigenvalue weighted by Gasteiger charge is -2.37. The van der Waals surface area contributed by atoms with Crippen LogP contribution in [0.15, 0.2) is 34.0 Å². The summed E-state index contributed by atoms with van der Waals surface area (Å²) in [4.78, 5) is 41.9. The number of aliphatic imine (C=N–C) groups is 2. The zero-order chi connectivity index (χ0) is 23.6. The highest BCUT2D eigenvalue weighted by molar-refractivity contribution is 5.94. The summed E-state index contributed by atoms with van der Waals surface area (Å²) >= 11 is 0. The van der Waals surface area contributed by atoms with Gasteiger partial charge in [0.2, 0.25) is 5.91 Å². The van der Waals surface area contributed by atoms with Crippen LogP contribution in [0.5, 0.6) is 0 Å². The van der Waals surface area contributed by atoms with E-state index in [1.165, 1.54) is 6.34 Å². The maximum Gasteiger partial charge on any atom is 0.255 e. The van der Waals surface area contributed by atoms with Gasteiger partial charge in [0, 0.05) is 38.5 Å². The third-order valence-electron chi connectivity index (χ3n) is 7.59. The molecule has 1 N–H and O–H groups in total. The van der Waals surface area contributed by atoms with Crippen LogP contribution >= 0.6 is 0 Å². The molecule has 0 spiro atoms. The number of rotatable bonds is 6. The van der Waals surface area contributed by atoms with Crippen LogP contribution in [0.3, 0.4) is 0 Å². The van der Waals surface area contributed by atoms with E-state index in [9.17, 15) is 9.59 Å². The number of pyridine rings is 1. The summed E-state index contributed by atoms with van der Waals surface area (Å²) in [5.74, 6) is 1.23. The monoisotopic (exact) mass is 450 g/mol. The van der Waals surface area contributed by atoms with Crippen molar-refractivity contribution >= 4 is 30.7 Å². The van der Waals surface area contributed by atoms with Crippen LogP contribution in [0.2, 0.25) is 0 Å². The number of aromatic nitrogens is 1. The number of amides is 2. The second-order valence-electron chi connectivity index (χ2n) is 9.72. The Morgan fingerprint density at radius 3 is 2.85 bits per heavy atom. The molecule has 1 aliphatic carbocycles. The fourth-order valence-corrected chi connectivity index (χ4v) is 4.82. The minimum absolute atomic E-state index is 0.00651. The van der Waals surface area contributed by atoms with Crippen molar-refractivity contribution in [1.29, 1.82) is 0 Å². The number of anilines is 1. The van der Waals surface area contributed by atoms with Gasteiger partial charge in [-0.3, -0.25) is 14.6 Å². The van der Waals surface area contributed by atoms with Gasteiger partial charge in [-0.05, 0) is 69.9 Å². The van der Waals surface area contributed by atoms with Crippen LogP contribution in [0.25, 0.3) is 0 Å². The van der Waals surface area contributed by atoms with Crippen molar-refractivity contribution < 1.29 is 9.59 Å². The second-order valence-corrected chi connectivity index (χ2v) is 9.72. The fourth-order valence-electron chi connectivity index (χ4n) is 4.82. The highest BCUT2D eigenvalue weighted by Crippen LogP contribution is 2.35. The van der Waals surface area contributed by atoms with Gasteiger partial charge >= 0.3 is 0 Å². The molecule has 176 valence electrons. The Morgan fingerprint density at radius 1 is 1.36 bits per heavy atom. The Morgan fingerprint density at radius 2 is 2.15 bits per heavy atom. The Hall–Kier alpha value is -3.03. The van der Waals surface area contributed by atoms with Crippen LogP contribution in [0.4, 0.5) is 5.82 Å². The van der Waals surface area contributed by atoms with Crippen molar-refractivity contribution in [1.82, 2.24) is 14.8 Å². The molecule has 33 heavy (non-hydrogen) atoms. The highest BCUT2D eigenvalue weighted by Gasteiger charge is 2.36. The highest BCUT2D eigenvalue weighted by atomic mass is 16.2. The van der Waals surface area contributed by atoms with Gasteiger partial charge in [0.25, 0.3) is 5.91 Å². The molecule has 2 aliphatic heterocycles. The van der Waals surface area contributed by atoms with Crippen molar-refractivity contribution in [3.05, 3.63) is 35.2 Å². The van der Waals surface area contributed by atoms with E-state index in [0.29, 0.717) is 18.7 Å². The average Bonchev–Trinajstić information content (AvgIpc) is 3.26. The lowest BCUT2D eigenvalue weighted by atomic mass is 9.83. The number of hydrogen-bond acceptors (Lipinski definition) is 5. The minimum Gasteiger partial charge on any atom is -0.361 e. The molecule has 8 heteroatoms. The SMILES string of the molecule is C=NC=N/C=C(\C)[C@@]1(C)CCc2cc(C(=O)N3CC[C@H](N(C)C(=O)C4CCC4)C3)cnc2N1. The van der Waals surface area contributed by atoms with E-state index in [1.807, 2.05) is 29.8 Å². The summed E-state index contributed by atoms with van der Waals surface area (Å²) in [5, 5.41) is 3.52. The molecular formula is C25H34N6O2. The van der Waals surface area contributed by atoms with E-state index in [0.717, 1.165) is 55.5 Å². The van der Waals surface area contributed by atoms with Crippen molar-refractivity contribution in [2.75, 3.05) is 25.5 Å². The molecule has 0 aromatic carbocycles. The molecule has 2 atom stereocenters. The van der Waals surface area contributed by atoms with Gasteiger partial charge < -0.3 is 15.1 Å². The van der Waals surface area contributed by atoms with Gasteiger partial charge in [-0.2, -0.15) is 0 Å². The summed E-state index contributed by atoms with van der Waals surface area (Å²) in [5.41, 5.74) is 2.49. The Bertz CT molecular complexity index is 999. The van der Waals surface area contributed by atoms with E-state index in [4.69, 9.17) is 0 Å². The topological polar surface area (TPSA) is 90.3 Å². The number of hydrogen-bond donors (Lipinski definition) is 1. The summed E-state index contributed by atoms with van der Waals surface area (Å²) in [6.45, 7) is 8.82. The fraction of sp³-hybridized carbons (Fsp3) is 0.560. The first-order valence-electron chi connectivity index (χ1n) is 11.8. The molecule has 1 aromatic heterocycles. The first-order chi connectivity index (χ1) is 15.8. The third-order valence-corrected chi connectivity index (χ3v) is 7.59. The smallest absolute Gasteiger partial charge is 0.255 e. The number of likely N-dealkylation sites (N-methyl/N-ethyl adjacent to an activating group) is 1. The van der Waals surface area contributed by atoms with E-state index in [1.54, 1.807) is 12.4 Å². The Balaban J connectivity index is 1.41. The maximum atomic E-state index is 13.2. The lowest BCUT2D eigenvalue weighted by molar-refractivity contribution is -0.138. The number of likely N-dealkylation sites (tertiary alicyclic amines) is 1. The number of carbonyl (C=O) groups is 2. The predicted molar refractivity (Wildman–Crippen MR) is 131 cm³/mol. The van der Waals surface area contributed by atoms with Gasteiger partial charge in [-0.1, -0.05) is 6.42 Å². The largest absolute Gasteiger partial charge is 0.361 e. The standard InChI is InChI=1S/C25H34N6O2/c1-17(13-27-16-26-3)25(2)10-8-19-12-20(14-28-22(19)29-25)24(33)31-11-9-21(15-31)30(4)23(32)18-6-5-7-18/h12-14,16,18,21H,3,5-11,15H2,1-2,4H3,(H,28,29)/b17-13+,27-16?/t21-,25+/m0/s1. The quantitative estimate of drug-likeness (QED) is 0.532. The summed E-state index contributed by atoms with van der Waals surface area (Å²) in [7, 11) is 1.89. The normalized spacial score (nSPS) is 25.4. The lowest BCUT2D eigenvalue weighted by Crippen LogP contribution is -2.44. The van der Waals surface area contributed by atoms with Gasteiger partial charge in [-0.25, -0.2) is 9.98 Å². The Kier molecular flexibility index (Phi) is 6.63. The molecule has 0 radical (unpaired) electrons. The molecular weight excluding hydrogens is 416 g/mol. The molecule has 3 heterocycles. The average molecular weight is 451 g/mol. The Labute approximate surface area is 195 Å². The molecule has 8 nitrogen and oxygen atoms in total. The molecule has 2 fully saturated rings. The van der Waals surface area contributed by atoms with Crippen LogP contribution in [0.1, 0.15) is 61.9 Å². The van der Waals surface area contributed by atoms with Gasteiger partial charge in [0.15, 0.2) is 0 Å². The van der Waals surface area contributed by atoms with E-state index >= 15 is 0 Å². The number of carbonyl (C=O) groups excluding carboxylic acids is 2. The van der Waals surface area contributed by atoms with Crippen molar-refractivity contribution in [2.45, 2.75) is 64.0 Å². The van der Waals surface area contributed by atoms with Gasteiger partial charge in [0.1, 0.15) is 12.2 Å². The van der Waals surface area contributed by atoms with E-state index in [2.05, 4.69) is 33.9 Å². The van der Waals surface area contributed by atoms with Gasteiger partial charge in [0.05, 0.1) is 17.1 Å². The van der Waals surface area contributed by atoms with Crippen molar-refractivity contribution in [2.24, 2.45) is 15.9 Å². The summed E-state index contributed by atoms with van der Waals surface area (Å²) in [6, 6.07) is 2.07. The van der Waals surface area contributed by atoms with E-state index < -0.39 is 0 Å². The predicted octanol–water partition coefficient (Wildman–Crippen LogP) is 3.30. The molecule has 3 aliphatic rings. The zero-order valence-electron chi connectivity index (χ0n) is 19.9. The van der Waals surface area contributed by atoms with Crippen molar-refractivity contribution in [3.8, 4) is 0 Å². The van der Waals surface area contributed by atoms with Crippen LogP contribution in [-0.2, 0) is 11.2 Å². The third kappa shape index (κ3) is 4.70. The zero-order valence-corrected chi connectivity index (χ0v) is 19.9. The first-order valence-corrected chi connectivity index (χ1v) is 11.8. The molecule has 1 aromatic rings. The number of aryl methyl sites for hydroxylation is 1. The molecule has 0 unspecified atom stereocenters. The summed E-state index contributed by atoms with van der Waals surface area (Å²) < 4.78 is 0. The van der Waals surface area contributed by atoms with E-state index in [-0.39, 0.29) is 29.3 Å². The number of fused-ring (bicyclic) bond motifs is 1. The van der Waals surface area contributed by atoms with Crippen molar-refractivity contribution in [3.63, 3.8) is 0 Å². The number of nitrogens with zero attached hydrogens (tertiary/aromatic N) is 5. The van der Waals surface area contributed by atoms with Crippen LogP contribution < -0.4 is 5.32 Å². The molecule has 1 saturated carbocycles. The minimum atomic E-state index is -0.260. The number of nitrogens with one attached hydrogen (secondary N) is 1. The van der Waals surface area contributed by atoms with Gasteiger partial charge in [-0.15, -0.1) is 0 Å². The molecule has 2 amide bonds. The molecule has 0 bridgehead atoms. The molecule has 4 rings (SSSR count). The second kappa shape index (κ2) is 9.45. The molecule has 1 saturated heterocycles. The maximum absolute atomic E-state index is 13.2. The first kappa shape index (κ1) is 23.1. The summed E-state index contributed by atoms with van der Waals surface area (Å²) in [6.07, 6.45) is 10.5. The van der Waals surface area contributed by atoms with Crippen LogP contribution in [-0.4, -0.2) is 71.4 Å². The van der Waals surface area contributed by atoms with Crippen LogP contribution in [0, 0.1) is 5.92 Å².